The molecule has 5 nitrogen and oxygen atoms in total. The second-order valence-electron chi connectivity index (χ2n) is 13.1. The van der Waals surface area contributed by atoms with Gasteiger partial charge in [-0.2, -0.15) is 0 Å². The first-order valence-corrected chi connectivity index (χ1v) is 17.2. The standard InChI is InChI=1S/C46H29N5/c1-3-9-32(10-4-1)49-43-19-16-31(26-37(43)39-28-47-23-21-45(39)49)30-15-18-42-36(25-30)35-13-7-8-14-41(35)51(42)34-17-20-44-38(27-34)40-29-48-24-22-46(40)50(44)33-11-5-2-6-12-33/h1-29H. The molecule has 5 heteroatoms. The molecule has 0 aliphatic heterocycles. The molecule has 0 saturated carbocycles. The molecular formula is C46H29N5. The number of rotatable bonds is 4. The molecule has 11 rings (SSSR count). The topological polar surface area (TPSA) is 40.6 Å². The number of hydrogen-bond acceptors (Lipinski definition) is 2. The molecule has 0 bridgehead atoms. The Bertz CT molecular complexity index is 3130. The number of nitrogens with zero attached hydrogens (tertiary/aromatic N) is 5. The summed E-state index contributed by atoms with van der Waals surface area (Å²) < 4.78 is 7.06. The van der Waals surface area contributed by atoms with Gasteiger partial charge in [-0.1, -0.05) is 66.7 Å². The summed E-state index contributed by atoms with van der Waals surface area (Å²) in [4.78, 5) is 9.04. The molecule has 0 unspecified atom stereocenters. The fourth-order valence-electron chi connectivity index (χ4n) is 8.18. The van der Waals surface area contributed by atoms with Gasteiger partial charge in [-0.25, -0.2) is 0 Å². The van der Waals surface area contributed by atoms with Crippen LogP contribution in [0.3, 0.4) is 0 Å². The minimum atomic E-state index is 1.13. The predicted molar refractivity (Wildman–Crippen MR) is 210 cm³/mol. The highest BCUT2D eigenvalue weighted by Crippen LogP contribution is 2.39. The van der Waals surface area contributed by atoms with Crippen molar-refractivity contribution < 1.29 is 0 Å². The van der Waals surface area contributed by atoms with Gasteiger partial charge in [0, 0.05) is 74.2 Å². The average molecular weight is 652 g/mol. The largest absolute Gasteiger partial charge is 0.309 e. The van der Waals surface area contributed by atoms with Crippen molar-refractivity contribution in [3.8, 4) is 28.2 Å². The fraction of sp³-hybridized carbons (Fsp3) is 0. The summed E-state index contributed by atoms with van der Waals surface area (Å²) in [6, 6.07) is 54.6. The predicted octanol–water partition coefficient (Wildman–Crippen LogP) is 11.4. The molecule has 0 amide bonds. The van der Waals surface area contributed by atoms with Crippen LogP contribution in [0, 0.1) is 0 Å². The second-order valence-corrected chi connectivity index (χ2v) is 13.1. The van der Waals surface area contributed by atoms with E-state index in [9.17, 15) is 0 Å². The minimum absolute atomic E-state index is 1.13. The summed E-state index contributed by atoms with van der Waals surface area (Å²) in [6.07, 6.45) is 7.73. The number of fused-ring (bicyclic) bond motifs is 9. The molecule has 0 atom stereocenters. The van der Waals surface area contributed by atoms with Crippen LogP contribution in [0.25, 0.3) is 93.6 Å². The maximum atomic E-state index is 4.53. The van der Waals surface area contributed by atoms with Gasteiger partial charge in [0.25, 0.3) is 0 Å². The SMILES string of the molecule is c1ccc(-n2c3ccncc3c3cc(-c4ccc5c(c4)c4ccccc4n5-c4ccc5c(c4)c4cnccc4n5-c4ccccc4)ccc32)cc1. The van der Waals surface area contributed by atoms with Crippen molar-refractivity contribution in [3.63, 3.8) is 0 Å². The Morgan fingerprint density at radius 3 is 1.31 bits per heavy atom. The van der Waals surface area contributed by atoms with E-state index >= 15 is 0 Å². The summed E-state index contributed by atoms with van der Waals surface area (Å²) in [5.74, 6) is 0. The molecule has 0 saturated heterocycles. The molecular weight excluding hydrogens is 623 g/mol. The lowest BCUT2D eigenvalue weighted by Crippen LogP contribution is -1.95. The van der Waals surface area contributed by atoms with Crippen molar-refractivity contribution in [2.75, 3.05) is 0 Å². The summed E-state index contributed by atoms with van der Waals surface area (Å²) in [5, 5.41) is 7.12. The van der Waals surface area contributed by atoms with E-state index < -0.39 is 0 Å². The molecule has 238 valence electrons. The number of para-hydroxylation sites is 3. The van der Waals surface area contributed by atoms with Crippen molar-refractivity contribution in [2.24, 2.45) is 0 Å². The Morgan fingerprint density at radius 1 is 0.294 bits per heavy atom. The molecule has 51 heavy (non-hydrogen) atoms. The lowest BCUT2D eigenvalue weighted by molar-refractivity contribution is 1.16. The fourth-order valence-corrected chi connectivity index (χ4v) is 8.18. The van der Waals surface area contributed by atoms with Crippen molar-refractivity contribution in [2.45, 2.75) is 0 Å². The first-order valence-electron chi connectivity index (χ1n) is 17.2. The van der Waals surface area contributed by atoms with Gasteiger partial charge in [0.2, 0.25) is 0 Å². The van der Waals surface area contributed by atoms with Crippen molar-refractivity contribution in [3.05, 3.63) is 176 Å². The molecule has 0 spiro atoms. The highest BCUT2D eigenvalue weighted by Gasteiger charge is 2.18. The number of pyridine rings is 2. The summed E-state index contributed by atoms with van der Waals surface area (Å²) in [7, 11) is 0. The Labute approximate surface area is 292 Å². The van der Waals surface area contributed by atoms with Gasteiger partial charge in [0.05, 0.1) is 33.1 Å². The molecule has 6 aromatic carbocycles. The zero-order valence-corrected chi connectivity index (χ0v) is 27.5. The van der Waals surface area contributed by atoms with Crippen LogP contribution in [0.1, 0.15) is 0 Å². The Morgan fingerprint density at radius 2 is 0.725 bits per heavy atom. The van der Waals surface area contributed by atoms with Crippen molar-refractivity contribution in [1.82, 2.24) is 23.7 Å². The molecule has 5 heterocycles. The Kier molecular flexibility index (Phi) is 5.89. The van der Waals surface area contributed by atoms with E-state index in [1.807, 2.05) is 24.8 Å². The molecule has 0 aliphatic rings. The first-order chi connectivity index (χ1) is 25.3. The Balaban J connectivity index is 1.10. The second kappa shape index (κ2) is 10.8. The highest BCUT2D eigenvalue weighted by atomic mass is 15.0. The van der Waals surface area contributed by atoms with Gasteiger partial charge in [-0.05, 0) is 96.1 Å². The van der Waals surface area contributed by atoms with Crippen molar-refractivity contribution >= 4 is 65.4 Å². The van der Waals surface area contributed by atoms with Gasteiger partial charge in [0.1, 0.15) is 0 Å². The number of hydrogen-bond donors (Lipinski definition) is 0. The van der Waals surface area contributed by atoms with E-state index in [2.05, 4.69) is 175 Å². The summed E-state index contributed by atoms with van der Waals surface area (Å²) >= 11 is 0. The van der Waals surface area contributed by atoms with Crippen molar-refractivity contribution in [1.29, 1.82) is 0 Å². The van der Waals surface area contributed by atoms with Gasteiger partial charge < -0.3 is 13.7 Å². The third-order valence-corrected chi connectivity index (χ3v) is 10.4. The average Bonchev–Trinajstić information content (AvgIpc) is 3.83. The molecule has 0 N–H and O–H groups in total. The molecule has 11 aromatic rings. The van der Waals surface area contributed by atoms with E-state index in [1.54, 1.807) is 0 Å². The van der Waals surface area contributed by atoms with E-state index in [4.69, 9.17) is 0 Å². The number of aromatic nitrogens is 5. The molecule has 0 radical (unpaired) electrons. The normalized spacial score (nSPS) is 11.9. The molecule has 0 fully saturated rings. The summed E-state index contributed by atoms with van der Waals surface area (Å²) in [6.45, 7) is 0. The summed E-state index contributed by atoms with van der Waals surface area (Å²) in [5.41, 5.74) is 12.8. The Hall–Kier alpha value is -6.98. The van der Waals surface area contributed by atoms with Crippen LogP contribution in [0.4, 0.5) is 0 Å². The zero-order chi connectivity index (χ0) is 33.5. The van der Waals surface area contributed by atoms with Gasteiger partial charge in [-0.15, -0.1) is 0 Å². The van der Waals surface area contributed by atoms with Crippen LogP contribution in [-0.4, -0.2) is 23.7 Å². The quantitative estimate of drug-likeness (QED) is 0.190. The van der Waals surface area contributed by atoms with Gasteiger partial charge >= 0.3 is 0 Å². The van der Waals surface area contributed by atoms with Crippen LogP contribution in [-0.2, 0) is 0 Å². The molecule has 5 aromatic heterocycles. The van der Waals surface area contributed by atoms with Crippen LogP contribution in [0.5, 0.6) is 0 Å². The zero-order valence-electron chi connectivity index (χ0n) is 27.5. The number of benzene rings is 6. The third kappa shape index (κ3) is 4.09. The minimum Gasteiger partial charge on any atom is -0.309 e. The van der Waals surface area contributed by atoms with Crippen LogP contribution < -0.4 is 0 Å². The van der Waals surface area contributed by atoms with Crippen LogP contribution in [0.15, 0.2) is 176 Å². The van der Waals surface area contributed by atoms with Crippen LogP contribution in [0.2, 0.25) is 0 Å². The lowest BCUT2D eigenvalue weighted by atomic mass is 10.0. The van der Waals surface area contributed by atoms with Crippen LogP contribution >= 0.6 is 0 Å². The van der Waals surface area contributed by atoms with E-state index in [0.29, 0.717) is 0 Å². The lowest BCUT2D eigenvalue weighted by Gasteiger charge is -2.11. The third-order valence-electron chi connectivity index (χ3n) is 10.4. The first kappa shape index (κ1) is 27.9. The van der Waals surface area contributed by atoms with E-state index in [1.165, 1.54) is 49.2 Å². The van der Waals surface area contributed by atoms with E-state index in [-0.39, 0.29) is 0 Å². The molecule has 0 aliphatic carbocycles. The highest BCUT2D eigenvalue weighted by molar-refractivity contribution is 6.14. The maximum absolute atomic E-state index is 4.53. The van der Waals surface area contributed by atoms with Gasteiger partial charge in [0.15, 0.2) is 0 Å². The van der Waals surface area contributed by atoms with Gasteiger partial charge in [-0.3, -0.25) is 9.97 Å². The van der Waals surface area contributed by atoms with E-state index in [0.717, 1.165) is 44.4 Å². The monoisotopic (exact) mass is 651 g/mol. The maximum Gasteiger partial charge on any atom is 0.0571 e. The smallest absolute Gasteiger partial charge is 0.0571 e.